The standard InChI is InChI=1S/C23H26ClN3O3S2/c1-15-19(16(2)27(25-15)18-10-11-32(29,30)14-18)12-26(3)22(28)13-31-21-9-5-7-17-6-4-8-20(24)23(17)21/h4-9,18H,10-14H2,1-3H3/t18-/m0/s1. The summed E-state index contributed by atoms with van der Waals surface area (Å²) in [6.45, 7) is 4.30. The second-order valence-corrected chi connectivity index (χ2v) is 11.9. The highest BCUT2D eigenvalue weighted by Gasteiger charge is 2.31. The number of sulfone groups is 1. The Bertz CT molecular complexity index is 1280. The van der Waals surface area contributed by atoms with Gasteiger partial charge in [0.15, 0.2) is 9.84 Å². The summed E-state index contributed by atoms with van der Waals surface area (Å²) in [6, 6.07) is 11.6. The van der Waals surface area contributed by atoms with Crippen molar-refractivity contribution in [1.29, 1.82) is 0 Å². The number of hydrogen-bond acceptors (Lipinski definition) is 5. The van der Waals surface area contributed by atoms with Crippen LogP contribution in [0.3, 0.4) is 0 Å². The van der Waals surface area contributed by atoms with Gasteiger partial charge < -0.3 is 4.90 Å². The van der Waals surface area contributed by atoms with Crippen LogP contribution in [0.4, 0.5) is 0 Å². The number of aromatic nitrogens is 2. The molecule has 0 spiro atoms. The van der Waals surface area contributed by atoms with Gasteiger partial charge in [-0.3, -0.25) is 9.48 Å². The lowest BCUT2D eigenvalue weighted by atomic mass is 10.1. The van der Waals surface area contributed by atoms with Crippen molar-refractivity contribution in [2.75, 3.05) is 24.3 Å². The number of rotatable bonds is 6. The molecule has 6 nitrogen and oxygen atoms in total. The quantitative estimate of drug-likeness (QED) is 0.477. The molecule has 9 heteroatoms. The molecule has 1 amide bonds. The van der Waals surface area contributed by atoms with E-state index in [1.165, 1.54) is 11.8 Å². The number of fused-ring (bicyclic) bond motifs is 1. The molecule has 3 aromatic rings. The van der Waals surface area contributed by atoms with Crippen LogP contribution in [0.5, 0.6) is 0 Å². The van der Waals surface area contributed by atoms with E-state index in [0.29, 0.717) is 23.7 Å². The number of aryl methyl sites for hydroxylation is 1. The highest BCUT2D eigenvalue weighted by atomic mass is 35.5. The summed E-state index contributed by atoms with van der Waals surface area (Å²) in [6.07, 6.45) is 0.586. The van der Waals surface area contributed by atoms with Crippen molar-refractivity contribution in [3.8, 4) is 0 Å². The molecule has 1 aliphatic rings. The smallest absolute Gasteiger partial charge is 0.232 e. The van der Waals surface area contributed by atoms with Gasteiger partial charge in [-0.05, 0) is 37.8 Å². The maximum atomic E-state index is 12.9. The van der Waals surface area contributed by atoms with Crippen LogP contribution >= 0.6 is 23.4 Å². The lowest BCUT2D eigenvalue weighted by molar-refractivity contribution is -0.127. The molecule has 1 fully saturated rings. The summed E-state index contributed by atoms with van der Waals surface area (Å²) in [4.78, 5) is 15.6. The first-order chi connectivity index (χ1) is 15.2. The largest absolute Gasteiger partial charge is 0.341 e. The number of amides is 1. The fraction of sp³-hybridized carbons (Fsp3) is 0.391. The molecule has 0 unspecified atom stereocenters. The molecular formula is C23H26ClN3O3S2. The minimum atomic E-state index is -2.99. The van der Waals surface area contributed by atoms with Gasteiger partial charge in [0.1, 0.15) is 0 Å². The molecule has 1 aliphatic heterocycles. The Hall–Kier alpha value is -2.03. The zero-order valence-corrected chi connectivity index (χ0v) is 20.7. The van der Waals surface area contributed by atoms with Gasteiger partial charge in [-0.2, -0.15) is 5.10 Å². The van der Waals surface area contributed by atoms with E-state index in [9.17, 15) is 13.2 Å². The highest BCUT2D eigenvalue weighted by Crippen LogP contribution is 2.33. The van der Waals surface area contributed by atoms with Crippen molar-refractivity contribution in [2.24, 2.45) is 0 Å². The van der Waals surface area contributed by atoms with Crippen molar-refractivity contribution in [3.63, 3.8) is 0 Å². The van der Waals surface area contributed by atoms with Gasteiger partial charge in [-0.25, -0.2) is 8.42 Å². The van der Waals surface area contributed by atoms with Gasteiger partial charge in [0.25, 0.3) is 0 Å². The van der Waals surface area contributed by atoms with Gasteiger partial charge in [0, 0.05) is 40.2 Å². The number of hydrogen-bond donors (Lipinski definition) is 0. The van der Waals surface area contributed by atoms with Crippen LogP contribution in [0.1, 0.15) is 29.4 Å². The molecule has 1 aromatic heterocycles. The van der Waals surface area contributed by atoms with Crippen LogP contribution in [0.2, 0.25) is 5.02 Å². The van der Waals surface area contributed by atoms with Crippen LogP contribution < -0.4 is 0 Å². The second-order valence-electron chi connectivity index (χ2n) is 8.28. The topological polar surface area (TPSA) is 72.3 Å². The van der Waals surface area contributed by atoms with Crippen LogP contribution in [-0.4, -0.2) is 53.3 Å². The van der Waals surface area contributed by atoms with E-state index >= 15 is 0 Å². The Labute approximate surface area is 197 Å². The van der Waals surface area contributed by atoms with E-state index in [2.05, 4.69) is 5.10 Å². The van der Waals surface area contributed by atoms with Crippen LogP contribution in [0, 0.1) is 13.8 Å². The molecule has 4 rings (SSSR count). The van der Waals surface area contributed by atoms with Gasteiger partial charge in [-0.1, -0.05) is 35.9 Å². The van der Waals surface area contributed by atoms with Crippen LogP contribution in [0.25, 0.3) is 10.8 Å². The van der Waals surface area contributed by atoms with Crippen LogP contribution in [-0.2, 0) is 21.2 Å². The maximum absolute atomic E-state index is 12.9. The van der Waals surface area contributed by atoms with Crippen molar-refractivity contribution in [1.82, 2.24) is 14.7 Å². The van der Waals surface area contributed by atoms with Crippen molar-refractivity contribution >= 4 is 49.9 Å². The number of carbonyl (C=O) groups excluding carboxylic acids is 1. The fourth-order valence-corrected chi connectivity index (χ4v) is 7.29. The third kappa shape index (κ3) is 4.67. The average molecular weight is 492 g/mol. The predicted octanol–water partition coefficient (Wildman–Crippen LogP) is 4.42. The second kappa shape index (κ2) is 9.08. The molecule has 1 atom stereocenters. The molecular weight excluding hydrogens is 466 g/mol. The first kappa shape index (κ1) is 23.1. The third-order valence-electron chi connectivity index (χ3n) is 6.02. The van der Waals surface area contributed by atoms with Gasteiger partial charge in [0.2, 0.25) is 5.91 Å². The van der Waals surface area contributed by atoms with Crippen molar-refractivity contribution in [2.45, 2.75) is 37.8 Å². The number of carbonyl (C=O) groups is 1. The summed E-state index contributed by atoms with van der Waals surface area (Å²) in [5.74, 6) is 0.648. The molecule has 0 bridgehead atoms. The zero-order valence-electron chi connectivity index (χ0n) is 18.3. The van der Waals surface area contributed by atoms with Gasteiger partial charge >= 0.3 is 0 Å². The number of halogens is 1. The summed E-state index contributed by atoms with van der Waals surface area (Å²) in [7, 11) is -1.20. The Morgan fingerprint density at radius 1 is 1.25 bits per heavy atom. The number of nitrogens with zero attached hydrogens (tertiary/aromatic N) is 3. The lowest BCUT2D eigenvalue weighted by Gasteiger charge is -2.18. The molecule has 0 saturated carbocycles. The average Bonchev–Trinajstić information content (AvgIpc) is 3.25. The van der Waals surface area contributed by atoms with E-state index in [-0.39, 0.29) is 23.5 Å². The van der Waals surface area contributed by atoms with Crippen molar-refractivity contribution < 1.29 is 13.2 Å². The first-order valence-corrected chi connectivity index (χ1v) is 13.6. The van der Waals surface area contributed by atoms with E-state index in [0.717, 1.165) is 32.6 Å². The Balaban J connectivity index is 1.45. The maximum Gasteiger partial charge on any atom is 0.232 e. The predicted molar refractivity (Wildman–Crippen MR) is 130 cm³/mol. The summed E-state index contributed by atoms with van der Waals surface area (Å²) < 4.78 is 25.6. The normalized spacial score (nSPS) is 17.7. The summed E-state index contributed by atoms with van der Waals surface area (Å²) >= 11 is 7.88. The van der Waals surface area contributed by atoms with E-state index in [4.69, 9.17) is 11.6 Å². The molecule has 2 heterocycles. The zero-order chi connectivity index (χ0) is 23.0. The molecule has 0 N–H and O–H groups in total. The molecule has 170 valence electrons. The number of thioether (sulfide) groups is 1. The molecule has 0 aliphatic carbocycles. The lowest BCUT2D eigenvalue weighted by Crippen LogP contribution is -2.28. The first-order valence-electron chi connectivity index (χ1n) is 10.5. The third-order valence-corrected chi connectivity index (χ3v) is 9.12. The monoisotopic (exact) mass is 491 g/mol. The van der Waals surface area contributed by atoms with Gasteiger partial charge in [-0.15, -0.1) is 11.8 Å². The summed E-state index contributed by atoms with van der Waals surface area (Å²) in [5, 5.41) is 7.30. The minimum absolute atomic E-state index is 0.00838. The summed E-state index contributed by atoms with van der Waals surface area (Å²) in [5.41, 5.74) is 2.74. The van der Waals surface area contributed by atoms with Crippen molar-refractivity contribution in [3.05, 3.63) is 58.4 Å². The molecule has 1 saturated heterocycles. The highest BCUT2D eigenvalue weighted by molar-refractivity contribution is 8.00. The van der Waals surface area contributed by atoms with Gasteiger partial charge in [0.05, 0.1) is 29.0 Å². The molecule has 0 radical (unpaired) electrons. The Kier molecular flexibility index (Phi) is 6.56. The number of benzene rings is 2. The SMILES string of the molecule is Cc1nn([C@H]2CCS(=O)(=O)C2)c(C)c1CN(C)C(=O)CSc1cccc2cccc(Cl)c12. The molecule has 32 heavy (non-hydrogen) atoms. The van der Waals surface area contributed by atoms with E-state index in [1.807, 2.05) is 54.9 Å². The molecule has 2 aromatic carbocycles. The fourth-order valence-electron chi connectivity index (χ4n) is 4.21. The van der Waals surface area contributed by atoms with Crippen LogP contribution in [0.15, 0.2) is 41.3 Å². The van der Waals surface area contributed by atoms with E-state index in [1.54, 1.807) is 11.9 Å². The minimum Gasteiger partial charge on any atom is -0.341 e. The van der Waals surface area contributed by atoms with E-state index < -0.39 is 9.84 Å². The Morgan fingerprint density at radius 3 is 2.66 bits per heavy atom. The Morgan fingerprint density at radius 2 is 1.97 bits per heavy atom.